The summed E-state index contributed by atoms with van der Waals surface area (Å²) in [7, 11) is 1.56. The number of carbonyl (C=O) groups excluding carboxylic acids is 2. The molecule has 2 aromatic carbocycles. The van der Waals surface area contributed by atoms with Crippen molar-refractivity contribution in [2.24, 2.45) is 5.41 Å². The molecule has 182 valence electrons. The molecule has 0 spiro atoms. The van der Waals surface area contributed by atoms with Gasteiger partial charge < -0.3 is 9.84 Å². The van der Waals surface area contributed by atoms with Crippen LogP contribution in [0.15, 0.2) is 48.5 Å². The quantitative estimate of drug-likeness (QED) is 0.478. The molecule has 1 fully saturated rings. The molecule has 2 amide bonds. The third-order valence-electron chi connectivity index (χ3n) is 6.30. The number of nitrogens with zero attached hydrogens (tertiary/aromatic N) is 1. The van der Waals surface area contributed by atoms with Crippen LogP contribution in [0.2, 0.25) is 10.0 Å². The molecule has 1 saturated carbocycles. The van der Waals surface area contributed by atoms with E-state index in [1.165, 1.54) is 12.1 Å². The van der Waals surface area contributed by atoms with E-state index in [9.17, 15) is 19.5 Å². The first kappa shape index (κ1) is 26.0. The summed E-state index contributed by atoms with van der Waals surface area (Å²) >= 11 is 12.4. The third-order valence-corrected chi connectivity index (χ3v) is 6.93. The minimum atomic E-state index is -1.33. The summed E-state index contributed by atoms with van der Waals surface area (Å²) in [5.74, 6) is -2.42. The minimum Gasteiger partial charge on any atom is -0.480 e. The van der Waals surface area contributed by atoms with Gasteiger partial charge in [0.05, 0.1) is 21.0 Å². The predicted molar refractivity (Wildman–Crippen MR) is 130 cm³/mol. The fraction of sp³-hybridized carbons (Fsp3) is 0.400. The van der Waals surface area contributed by atoms with E-state index in [2.05, 4.69) is 5.43 Å². The Hall–Kier alpha value is -2.61. The first-order chi connectivity index (χ1) is 16.3. The zero-order valence-corrected chi connectivity index (χ0v) is 20.4. The maximum atomic E-state index is 14.0. The van der Waals surface area contributed by atoms with Gasteiger partial charge in [0, 0.05) is 20.1 Å². The lowest BCUT2D eigenvalue weighted by atomic mass is 9.81. The van der Waals surface area contributed by atoms with E-state index >= 15 is 0 Å². The number of hydrazine groups is 1. The van der Waals surface area contributed by atoms with Gasteiger partial charge in [-0.05, 0) is 37.0 Å². The van der Waals surface area contributed by atoms with Crippen LogP contribution in [-0.2, 0) is 20.7 Å². The van der Waals surface area contributed by atoms with E-state index in [1.54, 1.807) is 37.4 Å². The highest BCUT2D eigenvalue weighted by atomic mass is 35.5. The zero-order chi connectivity index (χ0) is 24.7. The lowest BCUT2D eigenvalue weighted by Gasteiger charge is -2.37. The number of carboxylic acids is 1. The van der Waals surface area contributed by atoms with Crippen LogP contribution in [0.1, 0.15) is 48.0 Å². The number of nitrogens with one attached hydrogen (secondary N) is 1. The molecule has 0 unspecified atom stereocenters. The van der Waals surface area contributed by atoms with Crippen molar-refractivity contribution in [3.63, 3.8) is 0 Å². The summed E-state index contributed by atoms with van der Waals surface area (Å²) < 4.78 is 5.23. The fourth-order valence-electron chi connectivity index (χ4n) is 4.45. The van der Waals surface area contributed by atoms with Gasteiger partial charge >= 0.3 is 5.97 Å². The number of rotatable bonds is 9. The van der Waals surface area contributed by atoms with E-state index in [4.69, 9.17) is 27.9 Å². The van der Waals surface area contributed by atoms with Gasteiger partial charge in [-0.15, -0.1) is 0 Å². The smallest absolute Gasteiger partial charge is 0.328 e. The highest BCUT2D eigenvalue weighted by Crippen LogP contribution is 2.43. The third kappa shape index (κ3) is 5.90. The Morgan fingerprint density at radius 1 is 1.06 bits per heavy atom. The number of halogens is 2. The Balaban J connectivity index is 2.01. The molecule has 2 aromatic rings. The van der Waals surface area contributed by atoms with Crippen molar-refractivity contribution >= 4 is 41.0 Å². The SMILES string of the molecule is COCCC1(C(=O)N(NC(=O)c2c(Cl)cccc2Cl)[C@@H](Cc2ccccc2)C(=O)O)CCCC1. The number of hydrogen-bond acceptors (Lipinski definition) is 4. The van der Waals surface area contributed by atoms with E-state index in [1.807, 2.05) is 6.07 Å². The van der Waals surface area contributed by atoms with Crippen LogP contribution in [0.3, 0.4) is 0 Å². The van der Waals surface area contributed by atoms with Gasteiger partial charge in [-0.1, -0.05) is 72.4 Å². The van der Waals surface area contributed by atoms with Crippen LogP contribution in [0, 0.1) is 5.41 Å². The molecule has 0 saturated heterocycles. The van der Waals surface area contributed by atoms with Crippen LogP contribution < -0.4 is 5.43 Å². The maximum absolute atomic E-state index is 14.0. The minimum absolute atomic E-state index is 0.0127. The summed E-state index contributed by atoms with van der Waals surface area (Å²) in [5, 5.41) is 11.3. The summed E-state index contributed by atoms with van der Waals surface area (Å²) in [6.07, 6.45) is 3.30. The summed E-state index contributed by atoms with van der Waals surface area (Å²) in [4.78, 5) is 39.6. The molecule has 0 aromatic heterocycles. The largest absolute Gasteiger partial charge is 0.480 e. The number of carboxylic acid groups (broad SMARTS) is 1. The van der Waals surface area contributed by atoms with Gasteiger partial charge in [-0.25, -0.2) is 9.80 Å². The molecular weight excluding hydrogens is 479 g/mol. The van der Waals surface area contributed by atoms with E-state index < -0.39 is 29.2 Å². The highest BCUT2D eigenvalue weighted by Gasteiger charge is 2.47. The molecule has 34 heavy (non-hydrogen) atoms. The Labute approximate surface area is 209 Å². The number of hydrogen-bond donors (Lipinski definition) is 2. The van der Waals surface area contributed by atoms with Gasteiger partial charge in [0.1, 0.15) is 0 Å². The van der Waals surface area contributed by atoms with Crippen molar-refractivity contribution in [1.82, 2.24) is 10.4 Å². The normalized spacial score (nSPS) is 15.5. The van der Waals surface area contributed by atoms with Gasteiger partial charge in [-0.3, -0.25) is 15.0 Å². The topological polar surface area (TPSA) is 95.9 Å². The zero-order valence-electron chi connectivity index (χ0n) is 18.9. The molecular formula is C25H28Cl2N2O5. The number of ether oxygens (including phenoxy) is 1. The van der Waals surface area contributed by atoms with Crippen LogP contribution >= 0.6 is 23.2 Å². The summed E-state index contributed by atoms with van der Waals surface area (Å²) in [5.41, 5.74) is 2.42. The molecule has 9 heteroatoms. The average molecular weight is 507 g/mol. The number of carbonyl (C=O) groups is 3. The van der Waals surface area contributed by atoms with Crippen LogP contribution in [0.5, 0.6) is 0 Å². The molecule has 1 aliphatic rings. The molecule has 1 atom stereocenters. The lowest BCUT2D eigenvalue weighted by molar-refractivity contribution is -0.158. The van der Waals surface area contributed by atoms with Crippen molar-refractivity contribution in [2.75, 3.05) is 13.7 Å². The number of aliphatic carboxylic acids is 1. The highest BCUT2D eigenvalue weighted by molar-refractivity contribution is 6.39. The number of benzene rings is 2. The van der Waals surface area contributed by atoms with Crippen LogP contribution in [0.4, 0.5) is 0 Å². The first-order valence-corrected chi connectivity index (χ1v) is 11.9. The molecule has 2 N–H and O–H groups in total. The van der Waals surface area contributed by atoms with Gasteiger partial charge in [0.2, 0.25) is 5.91 Å². The van der Waals surface area contributed by atoms with Crippen molar-refractivity contribution in [1.29, 1.82) is 0 Å². The van der Waals surface area contributed by atoms with E-state index in [0.717, 1.165) is 23.4 Å². The second kappa shape index (κ2) is 11.7. The standard InChI is InChI=1S/C25H28Cl2N2O5/c1-34-15-14-25(12-5-6-13-25)24(33)29(20(23(31)32)16-17-8-3-2-4-9-17)28-22(30)21-18(26)10-7-11-19(21)27/h2-4,7-11,20H,5-6,12-16H2,1H3,(H,28,30)(H,31,32)/t20-/m0/s1. The van der Waals surface area contributed by atoms with Crippen molar-refractivity contribution < 1.29 is 24.2 Å². The lowest BCUT2D eigenvalue weighted by Crippen LogP contribution is -2.59. The summed E-state index contributed by atoms with van der Waals surface area (Å²) in [6.45, 7) is 0.348. The Bertz CT molecular complexity index is 1000. The molecule has 0 aliphatic heterocycles. The van der Waals surface area contributed by atoms with Gasteiger partial charge in [-0.2, -0.15) is 0 Å². The molecule has 1 aliphatic carbocycles. The second-order valence-corrected chi connectivity index (χ2v) is 9.30. The van der Waals surface area contributed by atoms with E-state index in [0.29, 0.717) is 25.9 Å². The number of amides is 2. The molecule has 3 rings (SSSR count). The average Bonchev–Trinajstić information content (AvgIpc) is 3.30. The summed E-state index contributed by atoms with van der Waals surface area (Å²) in [6, 6.07) is 12.2. The molecule has 0 heterocycles. The maximum Gasteiger partial charge on any atom is 0.328 e. The monoisotopic (exact) mass is 506 g/mol. The predicted octanol–water partition coefficient (Wildman–Crippen LogP) is 4.76. The molecule has 0 bridgehead atoms. The van der Waals surface area contributed by atoms with Crippen molar-refractivity contribution in [2.45, 2.75) is 44.6 Å². The second-order valence-electron chi connectivity index (χ2n) is 8.49. The fourth-order valence-corrected chi connectivity index (χ4v) is 5.02. The van der Waals surface area contributed by atoms with Gasteiger partial charge in [0.15, 0.2) is 6.04 Å². The van der Waals surface area contributed by atoms with Crippen LogP contribution in [0.25, 0.3) is 0 Å². The number of methoxy groups -OCH3 is 1. The van der Waals surface area contributed by atoms with Crippen molar-refractivity contribution in [3.8, 4) is 0 Å². The van der Waals surface area contributed by atoms with Crippen LogP contribution in [-0.4, -0.2) is 47.7 Å². The Morgan fingerprint density at radius 3 is 2.24 bits per heavy atom. The Kier molecular flexibility index (Phi) is 8.94. The Morgan fingerprint density at radius 2 is 1.68 bits per heavy atom. The van der Waals surface area contributed by atoms with E-state index in [-0.39, 0.29) is 22.0 Å². The first-order valence-electron chi connectivity index (χ1n) is 11.1. The molecule has 7 nitrogen and oxygen atoms in total. The molecule has 0 radical (unpaired) electrons. The van der Waals surface area contributed by atoms with Gasteiger partial charge in [0.25, 0.3) is 5.91 Å². The van der Waals surface area contributed by atoms with Crippen molar-refractivity contribution in [3.05, 3.63) is 69.7 Å².